The van der Waals surface area contributed by atoms with Gasteiger partial charge in [-0.1, -0.05) is 84.4 Å². The van der Waals surface area contributed by atoms with Crippen molar-refractivity contribution >= 4 is 40.9 Å². The van der Waals surface area contributed by atoms with Crippen LogP contribution in [0.4, 0.5) is 4.79 Å². The van der Waals surface area contributed by atoms with E-state index in [1.54, 1.807) is 12.1 Å². The van der Waals surface area contributed by atoms with Crippen molar-refractivity contribution in [3.63, 3.8) is 0 Å². The number of hydrogen-bond donors (Lipinski definition) is 1. The van der Waals surface area contributed by atoms with E-state index in [2.05, 4.69) is 41.7 Å². The highest BCUT2D eigenvalue weighted by Gasteiger charge is 2.50. The molecule has 0 heterocycles. The molecule has 1 amide bonds. The Kier molecular flexibility index (Phi) is 7.01. The Labute approximate surface area is 193 Å². The number of rotatable bonds is 6. The number of benzene rings is 4. The van der Waals surface area contributed by atoms with Gasteiger partial charge in [0, 0.05) is 0 Å². The standard InChI is InChI=1S/C27H21ClNO2P/c28-21-26(29-27(30)31-22-13-5-1-6-14-22)32(23-15-7-2-8-16-23,24-17-9-3-10-18-24)25-19-11-4-12-20-25/h1-21H/p+1/b26-21+. The minimum absolute atomic E-state index is 0.460. The first kappa shape index (κ1) is 21.8. The zero-order valence-corrected chi connectivity index (χ0v) is 18.9. The zero-order chi connectivity index (χ0) is 22.2. The van der Waals surface area contributed by atoms with Crippen molar-refractivity contribution in [1.29, 1.82) is 0 Å². The van der Waals surface area contributed by atoms with Gasteiger partial charge in [-0.25, -0.2) is 4.79 Å². The van der Waals surface area contributed by atoms with E-state index in [1.165, 1.54) is 5.54 Å². The quantitative estimate of drug-likeness (QED) is 0.370. The van der Waals surface area contributed by atoms with Gasteiger partial charge in [-0.05, 0) is 48.5 Å². The van der Waals surface area contributed by atoms with Gasteiger partial charge in [-0.2, -0.15) is 0 Å². The molecule has 4 aromatic carbocycles. The number of halogens is 1. The van der Waals surface area contributed by atoms with E-state index in [-0.39, 0.29) is 0 Å². The second-order valence-corrected chi connectivity index (χ2v) is 10.6. The Balaban J connectivity index is 1.87. The molecule has 4 rings (SSSR count). The molecular formula is C27H22ClNO2P+. The molecule has 0 spiro atoms. The highest BCUT2D eigenvalue weighted by molar-refractivity contribution is 7.99. The molecule has 158 valence electrons. The summed E-state index contributed by atoms with van der Waals surface area (Å²) < 4.78 is 5.52. The Morgan fingerprint density at radius 2 is 1.03 bits per heavy atom. The third-order valence-corrected chi connectivity index (χ3v) is 9.63. The summed E-state index contributed by atoms with van der Waals surface area (Å²) in [6.07, 6.45) is -0.588. The summed E-state index contributed by atoms with van der Waals surface area (Å²) in [4.78, 5) is 12.9. The average Bonchev–Trinajstić information content (AvgIpc) is 2.86. The average molecular weight is 459 g/mol. The van der Waals surface area contributed by atoms with E-state index in [0.29, 0.717) is 11.2 Å². The van der Waals surface area contributed by atoms with E-state index in [9.17, 15) is 4.79 Å². The molecular weight excluding hydrogens is 437 g/mol. The molecule has 0 fully saturated rings. The monoisotopic (exact) mass is 458 g/mol. The first-order valence-corrected chi connectivity index (χ1v) is 12.4. The van der Waals surface area contributed by atoms with Crippen LogP contribution in [0.5, 0.6) is 5.75 Å². The molecule has 32 heavy (non-hydrogen) atoms. The van der Waals surface area contributed by atoms with Crippen LogP contribution in [0.3, 0.4) is 0 Å². The maximum Gasteiger partial charge on any atom is 0.419 e. The van der Waals surface area contributed by atoms with Crippen LogP contribution < -0.4 is 26.0 Å². The van der Waals surface area contributed by atoms with Gasteiger partial charge >= 0.3 is 6.09 Å². The van der Waals surface area contributed by atoms with Crippen LogP contribution in [0.25, 0.3) is 0 Å². The molecule has 1 N–H and O–H groups in total. The number of hydrogen-bond acceptors (Lipinski definition) is 2. The van der Waals surface area contributed by atoms with E-state index in [0.717, 1.165) is 15.9 Å². The fourth-order valence-corrected chi connectivity index (χ4v) is 8.22. The maximum absolute atomic E-state index is 12.9. The molecule has 0 saturated carbocycles. The van der Waals surface area contributed by atoms with Gasteiger partial charge in [0.15, 0.2) is 12.7 Å². The lowest BCUT2D eigenvalue weighted by Crippen LogP contribution is -2.39. The molecule has 0 radical (unpaired) electrons. The third-order valence-electron chi connectivity index (χ3n) is 5.08. The lowest BCUT2D eigenvalue weighted by atomic mass is 10.3. The molecule has 0 aliphatic heterocycles. The van der Waals surface area contributed by atoms with E-state index < -0.39 is 13.4 Å². The molecule has 4 aromatic rings. The van der Waals surface area contributed by atoms with Crippen molar-refractivity contribution < 1.29 is 9.53 Å². The maximum atomic E-state index is 12.9. The van der Waals surface area contributed by atoms with Gasteiger partial charge in [-0.15, -0.1) is 0 Å². The van der Waals surface area contributed by atoms with Gasteiger partial charge < -0.3 is 4.74 Å². The summed E-state index contributed by atoms with van der Waals surface area (Å²) >= 11 is 6.44. The lowest BCUT2D eigenvalue weighted by molar-refractivity contribution is 0.204. The summed E-state index contributed by atoms with van der Waals surface area (Å²) in [6, 6.07) is 39.4. The molecule has 0 aliphatic rings. The molecule has 0 aliphatic carbocycles. The van der Waals surface area contributed by atoms with Crippen LogP contribution >= 0.6 is 18.9 Å². The van der Waals surface area contributed by atoms with Crippen molar-refractivity contribution in [2.45, 2.75) is 0 Å². The van der Waals surface area contributed by atoms with Gasteiger partial charge in [0.1, 0.15) is 21.7 Å². The Bertz CT molecular complexity index is 1090. The summed E-state index contributed by atoms with van der Waals surface area (Å²) in [5, 5.41) is 6.19. The fourth-order valence-electron chi connectivity index (χ4n) is 3.73. The lowest BCUT2D eigenvalue weighted by Gasteiger charge is -2.28. The minimum Gasteiger partial charge on any atom is -0.410 e. The van der Waals surface area contributed by atoms with Crippen LogP contribution in [0.1, 0.15) is 0 Å². The second-order valence-electron chi connectivity index (χ2n) is 7.00. The highest BCUT2D eigenvalue weighted by atomic mass is 35.5. The predicted octanol–water partition coefficient (Wildman–Crippen LogP) is 5.81. The van der Waals surface area contributed by atoms with Crippen LogP contribution in [0.2, 0.25) is 0 Å². The second kappa shape index (κ2) is 10.3. The number of carbonyl (C=O) groups is 1. The third kappa shape index (κ3) is 4.45. The largest absolute Gasteiger partial charge is 0.419 e. The van der Waals surface area contributed by atoms with Crippen molar-refractivity contribution in [3.05, 3.63) is 132 Å². The number of amides is 1. The normalized spacial score (nSPS) is 11.6. The number of nitrogens with one attached hydrogen (secondary N) is 1. The smallest absolute Gasteiger partial charge is 0.410 e. The Morgan fingerprint density at radius 1 is 0.656 bits per heavy atom. The van der Waals surface area contributed by atoms with Crippen molar-refractivity contribution in [2.75, 3.05) is 0 Å². The number of para-hydroxylation sites is 1. The highest BCUT2D eigenvalue weighted by Crippen LogP contribution is 2.61. The Morgan fingerprint density at radius 3 is 1.41 bits per heavy atom. The molecule has 0 atom stereocenters. The van der Waals surface area contributed by atoms with E-state index in [1.807, 2.05) is 72.8 Å². The topological polar surface area (TPSA) is 38.3 Å². The molecule has 3 nitrogen and oxygen atoms in total. The van der Waals surface area contributed by atoms with E-state index >= 15 is 0 Å². The fraction of sp³-hybridized carbons (Fsp3) is 0. The summed E-state index contributed by atoms with van der Waals surface area (Å²) in [5.74, 6) is 0.460. The molecule has 5 heteroatoms. The van der Waals surface area contributed by atoms with Crippen LogP contribution in [-0.4, -0.2) is 6.09 Å². The molecule has 0 aromatic heterocycles. The van der Waals surface area contributed by atoms with Gasteiger partial charge in [0.2, 0.25) is 0 Å². The SMILES string of the molecule is O=C(N/C(=C\Cl)[P+](c1ccccc1)(c1ccccc1)c1ccccc1)Oc1ccccc1. The first-order valence-electron chi connectivity index (χ1n) is 10.2. The van der Waals surface area contributed by atoms with Crippen LogP contribution in [0.15, 0.2) is 132 Å². The molecule has 0 unspecified atom stereocenters. The van der Waals surface area contributed by atoms with Crippen molar-refractivity contribution in [3.8, 4) is 5.75 Å². The number of carbonyl (C=O) groups excluding carboxylic acids is 1. The summed E-state index contributed by atoms with van der Waals surface area (Å²) in [7, 11) is -2.50. The number of ether oxygens (including phenoxy) is 1. The van der Waals surface area contributed by atoms with Gasteiger partial charge in [0.05, 0.1) is 5.54 Å². The molecule has 0 saturated heterocycles. The Hall–Kier alpha value is -3.39. The van der Waals surface area contributed by atoms with Crippen LogP contribution in [-0.2, 0) is 0 Å². The van der Waals surface area contributed by atoms with Crippen molar-refractivity contribution in [2.24, 2.45) is 0 Å². The summed E-state index contributed by atoms with van der Waals surface area (Å²) in [6.45, 7) is 0. The zero-order valence-electron chi connectivity index (χ0n) is 17.3. The van der Waals surface area contributed by atoms with Gasteiger partial charge in [-0.3, -0.25) is 5.32 Å². The predicted molar refractivity (Wildman–Crippen MR) is 135 cm³/mol. The molecule has 0 bridgehead atoms. The summed E-state index contributed by atoms with van der Waals surface area (Å²) in [5.41, 5.74) is 2.07. The van der Waals surface area contributed by atoms with Crippen molar-refractivity contribution in [1.82, 2.24) is 5.32 Å². The first-order chi connectivity index (χ1) is 15.7. The van der Waals surface area contributed by atoms with E-state index in [4.69, 9.17) is 16.3 Å². The van der Waals surface area contributed by atoms with Gasteiger partial charge in [0.25, 0.3) is 0 Å². The van der Waals surface area contributed by atoms with Crippen LogP contribution in [0, 0.1) is 0 Å². The minimum atomic E-state index is -2.50.